The molecule has 0 aromatic carbocycles. The molecule has 0 atom stereocenters. The van der Waals surface area contributed by atoms with E-state index in [-0.39, 0.29) is 0 Å². The molecule has 21 heavy (non-hydrogen) atoms. The number of hydrogen-bond donors (Lipinski definition) is 1. The summed E-state index contributed by atoms with van der Waals surface area (Å²) in [7, 11) is 2.21. The molecular formula is C18H31N3. The Hall–Kier alpha value is -1.09. The molecule has 1 aliphatic carbocycles. The molecule has 0 radical (unpaired) electrons. The Balaban J connectivity index is 2.14. The number of aryl methyl sites for hydroxylation is 2. The van der Waals surface area contributed by atoms with Crippen molar-refractivity contribution in [2.75, 3.05) is 25.0 Å². The van der Waals surface area contributed by atoms with Crippen LogP contribution in [0.5, 0.6) is 0 Å². The summed E-state index contributed by atoms with van der Waals surface area (Å²) in [4.78, 5) is 7.23. The minimum absolute atomic E-state index is 0.856. The first-order valence-electron chi connectivity index (χ1n) is 8.50. The molecule has 0 aliphatic heterocycles. The van der Waals surface area contributed by atoms with E-state index in [1.807, 2.05) is 0 Å². The average molecular weight is 289 g/mol. The van der Waals surface area contributed by atoms with Crippen LogP contribution in [-0.2, 0) is 6.54 Å². The highest BCUT2D eigenvalue weighted by atomic mass is 15.2. The first kappa shape index (κ1) is 16.3. The van der Waals surface area contributed by atoms with Gasteiger partial charge in [0.25, 0.3) is 0 Å². The van der Waals surface area contributed by atoms with Crippen molar-refractivity contribution in [3.63, 3.8) is 0 Å². The molecule has 1 saturated carbocycles. The van der Waals surface area contributed by atoms with Crippen LogP contribution in [0.15, 0.2) is 6.07 Å². The molecule has 1 aliphatic rings. The first-order chi connectivity index (χ1) is 10.1. The topological polar surface area (TPSA) is 28.2 Å². The van der Waals surface area contributed by atoms with Gasteiger partial charge in [0.1, 0.15) is 5.82 Å². The van der Waals surface area contributed by atoms with Crippen LogP contribution >= 0.6 is 0 Å². The van der Waals surface area contributed by atoms with Crippen LogP contribution in [0.25, 0.3) is 0 Å². The highest BCUT2D eigenvalue weighted by Gasteiger charge is 2.19. The van der Waals surface area contributed by atoms with E-state index in [0.29, 0.717) is 0 Å². The molecule has 0 unspecified atom stereocenters. The second-order valence-electron chi connectivity index (χ2n) is 6.59. The maximum absolute atomic E-state index is 4.84. The van der Waals surface area contributed by atoms with Crippen molar-refractivity contribution in [1.82, 2.24) is 10.3 Å². The zero-order valence-electron chi connectivity index (χ0n) is 14.2. The van der Waals surface area contributed by atoms with Gasteiger partial charge < -0.3 is 10.2 Å². The molecule has 2 rings (SSSR count). The Kier molecular flexibility index (Phi) is 6.04. The predicted octanol–water partition coefficient (Wildman–Crippen LogP) is 3.82. The summed E-state index contributed by atoms with van der Waals surface area (Å²) in [6.07, 6.45) is 6.76. The molecule has 3 nitrogen and oxygen atoms in total. The van der Waals surface area contributed by atoms with E-state index in [1.165, 1.54) is 49.0 Å². The fourth-order valence-corrected chi connectivity index (χ4v) is 3.43. The smallest absolute Gasteiger partial charge is 0.133 e. The summed E-state index contributed by atoms with van der Waals surface area (Å²) >= 11 is 0. The molecule has 118 valence electrons. The quantitative estimate of drug-likeness (QED) is 0.773. The van der Waals surface area contributed by atoms with Gasteiger partial charge in [-0.1, -0.05) is 19.8 Å². The largest absolute Gasteiger partial charge is 0.359 e. The van der Waals surface area contributed by atoms with Gasteiger partial charge in [-0.15, -0.1) is 0 Å². The predicted molar refractivity (Wildman–Crippen MR) is 90.9 cm³/mol. The zero-order valence-corrected chi connectivity index (χ0v) is 14.2. The average Bonchev–Trinajstić information content (AvgIpc) is 2.93. The van der Waals surface area contributed by atoms with Crippen molar-refractivity contribution < 1.29 is 0 Å². The van der Waals surface area contributed by atoms with Crippen LogP contribution in [0.3, 0.4) is 0 Å². The Morgan fingerprint density at radius 1 is 1.29 bits per heavy atom. The monoisotopic (exact) mass is 289 g/mol. The van der Waals surface area contributed by atoms with Crippen molar-refractivity contribution in [2.45, 2.75) is 59.4 Å². The summed E-state index contributed by atoms with van der Waals surface area (Å²) < 4.78 is 0. The van der Waals surface area contributed by atoms with Crippen LogP contribution in [0.4, 0.5) is 5.82 Å². The lowest BCUT2D eigenvalue weighted by Crippen LogP contribution is -2.28. The molecule has 0 spiro atoms. The van der Waals surface area contributed by atoms with Crippen molar-refractivity contribution in [2.24, 2.45) is 5.92 Å². The van der Waals surface area contributed by atoms with E-state index in [9.17, 15) is 0 Å². The maximum Gasteiger partial charge on any atom is 0.133 e. The van der Waals surface area contributed by atoms with E-state index in [0.717, 1.165) is 31.2 Å². The van der Waals surface area contributed by atoms with Crippen molar-refractivity contribution in [1.29, 1.82) is 0 Å². The van der Waals surface area contributed by atoms with Gasteiger partial charge in [-0.2, -0.15) is 0 Å². The standard InChI is InChI=1S/C18H31N3/c1-5-10-19-12-17-14(2)11-15(3)20-18(17)21(4)13-16-8-6-7-9-16/h11,16,19H,5-10,12-13H2,1-4H3. The van der Waals surface area contributed by atoms with Crippen LogP contribution in [0.2, 0.25) is 0 Å². The second kappa shape index (κ2) is 7.79. The van der Waals surface area contributed by atoms with Gasteiger partial charge in [-0.3, -0.25) is 0 Å². The maximum atomic E-state index is 4.84. The molecular weight excluding hydrogens is 258 g/mol. The summed E-state index contributed by atoms with van der Waals surface area (Å²) in [5.41, 5.74) is 3.86. The number of nitrogens with one attached hydrogen (secondary N) is 1. The summed E-state index contributed by atoms with van der Waals surface area (Å²) in [6.45, 7) is 9.67. The van der Waals surface area contributed by atoms with Crippen LogP contribution < -0.4 is 10.2 Å². The lowest BCUT2D eigenvalue weighted by Gasteiger charge is -2.26. The van der Waals surface area contributed by atoms with Crippen molar-refractivity contribution >= 4 is 5.82 Å². The molecule has 0 bridgehead atoms. The highest BCUT2D eigenvalue weighted by Crippen LogP contribution is 2.28. The van der Waals surface area contributed by atoms with Gasteiger partial charge in [0, 0.05) is 31.4 Å². The highest BCUT2D eigenvalue weighted by molar-refractivity contribution is 5.51. The number of nitrogens with zero attached hydrogens (tertiary/aromatic N) is 2. The molecule has 1 heterocycles. The van der Waals surface area contributed by atoms with Crippen LogP contribution in [-0.4, -0.2) is 25.1 Å². The molecule has 1 aromatic rings. The minimum atomic E-state index is 0.856. The number of pyridine rings is 1. The molecule has 1 N–H and O–H groups in total. The fourth-order valence-electron chi connectivity index (χ4n) is 3.43. The zero-order chi connectivity index (χ0) is 15.2. The van der Waals surface area contributed by atoms with Crippen molar-refractivity contribution in [3.8, 4) is 0 Å². The Bertz CT molecular complexity index is 450. The summed E-state index contributed by atoms with van der Waals surface area (Å²) in [5, 5.41) is 3.53. The molecule has 1 aromatic heterocycles. The number of hydrogen-bond acceptors (Lipinski definition) is 3. The summed E-state index contributed by atoms with van der Waals surface area (Å²) in [5.74, 6) is 2.04. The van der Waals surface area contributed by atoms with Gasteiger partial charge in [-0.05, 0) is 57.2 Å². The van der Waals surface area contributed by atoms with Crippen LogP contribution in [0.1, 0.15) is 55.8 Å². The van der Waals surface area contributed by atoms with E-state index in [1.54, 1.807) is 0 Å². The van der Waals surface area contributed by atoms with Crippen LogP contribution in [0, 0.1) is 19.8 Å². The third kappa shape index (κ3) is 4.44. The van der Waals surface area contributed by atoms with E-state index in [4.69, 9.17) is 4.98 Å². The van der Waals surface area contributed by atoms with Gasteiger partial charge in [-0.25, -0.2) is 4.98 Å². The lowest BCUT2D eigenvalue weighted by molar-refractivity contribution is 0.543. The molecule has 3 heteroatoms. The SMILES string of the molecule is CCCNCc1c(C)cc(C)nc1N(C)CC1CCCC1. The molecule has 0 amide bonds. The van der Waals surface area contributed by atoms with E-state index >= 15 is 0 Å². The van der Waals surface area contributed by atoms with E-state index < -0.39 is 0 Å². The van der Waals surface area contributed by atoms with Gasteiger partial charge in [0.15, 0.2) is 0 Å². The minimum Gasteiger partial charge on any atom is -0.359 e. The third-order valence-corrected chi connectivity index (χ3v) is 4.55. The number of anilines is 1. The Morgan fingerprint density at radius 3 is 2.67 bits per heavy atom. The Morgan fingerprint density at radius 2 is 2.00 bits per heavy atom. The number of rotatable bonds is 7. The van der Waals surface area contributed by atoms with Gasteiger partial charge >= 0.3 is 0 Å². The van der Waals surface area contributed by atoms with E-state index in [2.05, 4.69) is 44.1 Å². The van der Waals surface area contributed by atoms with Gasteiger partial charge in [0.05, 0.1) is 0 Å². The molecule has 1 fully saturated rings. The third-order valence-electron chi connectivity index (χ3n) is 4.55. The fraction of sp³-hybridized carbons (Fsp3) is 0.722. The summed E-state index contributed by atoms with van der Waals surface area (Å²) in [6, 6.07) is 2.20. The van der Waals surface area contributed by atoms with Crippen molar-refractivity contribution in [3.05, 3.63) is 22.9 Å². The van der Waals surface area contributed by atoms with Gasteiger partial charge in [0.2, 0.25) is 0 Å². The Labute approximate surface area is 130 Å². The second-order valence-corrected chi connectivity index (χ2v) is 6.59. The number of aromatic nitrogens is 1. The first-order valence-corrected chi connectivity index (χ1v) is 8.50. The lowest BCUT2D eigenvalue weighted by atomic mass is 10.1. The molecule has 0 saturated heterocycles. The normalized spacial score (nSPS) is 15.6.